The number of aromatic nitrogens is 2. The fraction of sp³-hybridized carbons (Fsp3) is 0.438. The maximum atomic E-state index is 13.5. The Morgan fingerprint density at radius 2 is 1.95 bits per heavy atom. The van der Waals surface area contributed by atoms with Gasteiger partial charge in [0.15, 0.2) is 0 Å². The first kappa shape index (κ1) is 13.0. The molecule has 0 aliphatic carbocycles. The van der Waals surface area contributed by atoms with Gasteiger partial charge in [-0.25, -0.2) is 8.78 Å². The van der Waals surface area contributed by atoms with Crippen molar-refractivity contribution in [1.82, 2.24) is 15.1 Å². The summed E-state index contributed by atoms with van der Waals surface area (Å²) in [5.41, 5.74) is 3.62. The zero-order valence-electron chi connectivity index (χ0n) is 11.9. The van der Waals surface area contributed by atoms with Crippen LogP contribution in [0.4, 0.5) is 8.78 Å². The fourth-order valence-electron chi connectivity index (χ4n) is 3.76. The molecule has 0 spiro atoms. The number of fused-ring (bicyclic) bond motifs is 4. The Kier molecular flexibility index (Phi) is 2.85. The molecule has 21 heavy (non-hydrogen) atoms. The first-order chi connectivity index (χ1) is 10.1. The number of hydrogen-bond acceptors (Lipinski definition) is 2. The van der Waals surface area contributed by atoms with E-state index in [1.807, 2.05) is 7.05 Å². The van der Waals surface area contributed by atoms with Crippen molar-refractivity contribution in [3.05, 3.63) is 41.1 Å². The molecule has 1 saturated heterocycles. The Balaban J connectivity index is 1.88. The lowest BCUT2D eigenvalue weighted by Gasteiger charge is -2.35. The highest BCUT2D eigenvalue weighted by atomic mass is 19.1. The molecular formula is C16H17F2N3. The van der Waals surface area contributed by atoms with E-state index in [1.165, 1.54) is 18.6 Å². The van der Waals surface area contributed by atoms with Crippen LogP contribution in [0.25, 0.3) is 11.3 Å². The van der Waals surface area contributed by atoms with Gasteiger partial charge in [0.05, 0.1) is 17.4 Å². The van der Waals surface area contributed by atoms with Crippen LogP contribution in [0, 0.1) is 11.6 Å². The summed E-state index contributed by atoms with van der Waals surface area (Å²) < 4.78 is 28.8. The van der Waals surface area contributed by atoms with Crippen LogP contribution in [-0.4, -0.2) is 15.8 Å². The van der Waals surface area contributed by atoms with E-state index in [4.69, 9.17) is 0 Å². The van der Waals surface area contributed by atoms with Gasteiger partial charge < -0.3 is 5.32 Å². The Bertz CT molecular complexity index is 688. The fourth-order valence-corrected chi connectivity index (χ4v) is 3.76. The molecule has 0 amide bonds. The zero-order valence-corrected chi connectivity index (χ0v) is 11.9. The third-order valence-corrected chi connectivity index (χ3v) is 4.58. The predicted octanol–water partition coefficient (Wildman–Crippen LogP) is 3.10. The smallest absolute Gasteiger partial charge is 0.126 e. The van der Waals surface area contributed by atoms with Gasteiger partial charge in [-0.3, -0.25) is 4.68 Å². The number of benzene rings is 1. The van der Waals surface area contributed by atoms with Crippen LogP contribution in [0.5, 0.6) is 0 Å². The minimum absolute atomic E-state index is 0.283. The van der Waals surface area contributed by atoms with Crippen LogP contribution in [0.2, 0.25) is 0 Å². The summed E-state index contributed by atoms with van der Waals surface area (Å²) in [6.45, 7) is 0. The second kappa shape index (κ2) is 4.63. The third kappa shape index (κ3) is 2.07. The van der Waals surface area contributed by atoms with Crippen molar-refractivity contribution in [2.45, 2.75) is 37.8 Å². The number of nitrogens with zero attached hydrogens (tertiary/aromatic N) is 2. The number of rotatable bonds is 1. The van der Waals surface area contributed by atoms with Crippen molar-refractivity contribution >= 4 is 0 Å². The second-order valence-electron chi connectivity index (χ2n) is 6.05. The van der Waals surface area contributed by atoms with Gasteiger partial charge in [-0.2, -0.15) is 5.10 Å². The summed E-state index contributed by atoms with van der Waals surface area (Å²) in [7, 11) is 1.85. The Hall–Kier alpha value is -1.75. The number of nitrogens with one attached hydrogen (secondary N) is 1. The molecule has 0 saturated carbocycles. The summed E-state index contributed by atoms with van der Waals surface area (Å²) in [5, 5.41) is 8.22. The molecule has 2 unspecified atom stereocenters. The molecule has 2 aliphatic rings. The monoisotopic (exact) mass is 289 g/mol. The standard InChI is InChI=1S/C16H17F2N3/c1-21-16(9-5-10(17)7-11(18)6-9)13-8-12-3-2-4-14(19-12)15(13)20-21/h5-7,12,14,19H,2-4,8H2,1H3. The molecular weight excluding hydrogens is 272 g/mol. The summed E-state index contributed by atoms with van der Waals surface area (Å²) in [6.07, 6.45) is 4.33. The molecule has 2 bridgehead atoms. The van der Waals surface area contributed by atoms with E-state index in [0.29, 0.717) is 11.6 Å². The van der Waals surface area contributed by atoms with Gasteiger partial charge in [0.25, 0.3) is 0 Å². The normalized spacial score (nSPS) is 24.0. The van der Waals surface area contributed by atoms with E-state index in [-0.39, 0.29) is 6.04 Å². The van der Waals surface area contributed by atoms with Crippen LogP contribution in [-0.2, 0) is 13.5 Å². The third-order valence-electron chi connectivity index (χ3n) is 4.58. The highest BCUT2D eigenvalue weighted by molar-refractivity contribution is 5.66. The maximum Gasteiger partial charge on any atom is 0.126 e. The minimum atomic E-state index is -0.547. The van der Waals surface area contributed by atoms with E-state index in [0.717, 1.165) is 42.3 Å². The van der Waals surface area contributed by atoms with E-state index < -0.39 is 11.6 Å². The van der Waals surface area contributed by atoms with Crippen LogP contribution >= 0.6 is 0 Å². The van der Waals surface area contributed by atoms with E-state index >= 15 is 0 Å². The number of halogens is 2. The second-order valence-corrected chi connectivity index (χ2v) is 6.05. The molecule has 2 atom stereocenters. The number of hydrogen-bond donors (Lipinski definition) is 1. The molecule has 2 aromatic rings. The Morgan fingerprint density at radius 3 is 2.71 bits per heavy atom. The van der Waals surface area contributed by atoms with Crippen LogP contribution in [0.15, 0.2) is 18.2 Å². The van der Waals surface area contributed by atoms with Gasteiger partial charge in [-0.15, -0.1) is 0 Å². The molecule has 3 heterocycles. The van der Waals surface area contributed by atoms with E-state index in [9.17, 15) is 8.78 Å². The topological polar surface area (TPSA) is 29.9 Å². The van der Waals surface area contributed by atoms with Crippen LogP contribution in [0.1, 0.15) is 36.6 Å². The average Bonchev–Trinajstić information content (AvgIpc) is 2.74. The first-order valence-electron chi connectivity index (χ1n) is 7.40. The van der Waals surface area contributed by atoms with Crippen molar-refractivity contribution < 1.29 is 8.78 Å². The van der Waals surface area contributed by atoms with Crippen molar-refractivity contribution in [1.29, 1.82) is 0 Å². The van der Waals surface area contributed by atoms with Crippen molar-refractivity contribution in [2.75, 3.05) is 0 Å². The van der Waals surface area contributed by atoms with Gasteiger partial charge in [-0.05, 0) is 37.8 Å². The Morgan fingerprint density at radius 1 is 1.19 bits per heavy atom. The van der Waals surface area contributed by atoms with Crippen molar-refractivity contribution in [3.63, 3.8) is 0 Å². The molecule has 4 rings (SSSR count). The van der Waals surface area contributed by atoms with Gasteiger partial charge >= 0.3 is 0 Å². The minimum Gasteiger partial charge on any atom is -0.305 e. The molecule has 0 radical (unpaired) electrons. The molecule has 2 aliphatic heterocycles. The lowest BCUT2D eigenvalue weighted by Crippen LogP contribution is -2.42. The quantitative estimate of drug-likeness (QED) is 0.874. The van der Waals surface area contributed by atoms with E-state index in [1.54, 1.807) is 4.68 Å². The Labute approximate surface area is 122 Å². The summed E-state index contributed by atoms with van der Waals surface area (Å²) in [5.74, 6) is -1.09. The molecule has 5 heteroatoms. The number of aryl methyl sites for hydroxylation is 1. The highest BCUT2D eigenvalue weighted by Gasteiger charge is 2.34. The predicted molar refractivity (Wildman–Crippen MR) is 75.8 cm³/mol. The molecule has 3 nitrogen and oxygen atoms in total. The summed E-state index contributed by atoms with van der Waals surface area (Å²) >= 11 is 0. The summed E-state index contributed by atoms with van der Waals surface area (Å²) in [6, 6.07) is 4.42. The lowest BCUT2D eigenvalue weighted by molar-refractivity contribution is 0.297. The van der Waals surface area contributed by atoms with E-state index in [2.05, 4.69) is 10.4 Å². The molecule has 1 N–H and O–H groups in total. The van der Waals surface area contributed by atoms with Crippen LogP contribution < -0.4 is 5.32 Å². The largest absolute Gasteiger partial charge is 0.305 e. The first-order valence-corrected chi connectivity index (χ1v) is 7.40. The average molecular weight is 289 g/mol. The number of piperidine rings is 1. The zero-order chi connectivity index (χ0) is 14.6. The molecule has 110 valence electrons. The summed E-state index contributed by atoms with van der Waals surface area (Å²) in [4.78, 5) is 0. The van der Waals surface area contributed by atoms with Gasteiger partial charge in [0, 0.05) is 30.3 Å². The highest BCUT2D eigenvalue weighted by Crippen LogP contribution is 2.38. The van der Waals surface area contributed by atoms with Gasteiger partial charge in [0.1, 0.15) is 11.6 Å². The maximum absolute atomic E-state index is 13.5. The van der Waals surface area contributed by atoms with Gasteiger partial charge in [-0.1, -0.05) is 0 Å². The van der Waals surface area contributed by atoms with Gasteiger partial charge in [0.2, 0.25) is 0 Å². The molecule has 1 fully saturated rings. The van der Waals surface area contributed by atoms with Crippen molar-refractivity contribution in [2.24, 2.45) is 7.05 Å². The van der Waals surface area contributed by atoms with Crippen LogP contribution in [0.3, 0.4) is 0 Å². The molecule has 1 aromatic carbocycles. The SMILES string of the molecule is Cn1nc2c(c1-c1cc(F)cc(F)c1)CC1CCCC2N1. The van der Waals surface area contributed by atoms with Crippen molar-refractivity contribution in [3.8, 4) is 11.3 Å². The lowest BCUT2D eigenvalue weighted by atomic mass is 9.84. The molecule has 1 aromatic heterocycles.